The largest absolute Gasteiger partial charge is 0.398 e. The Morgan fingerprint density at radius 1 is 1.00 bits per heavy atom. The number of hydrogen-bond donors (Lipinski definition) is 1. The molecule has 0 aliphatic carbocycles. The van der Waals surface area contributed by atoms with Gasteiger partial charge in [-0.25, -0.2) is 0 Å². The van der Waals surface area contributed by atoms with Crippen molar-refractivity contribution in [1.82, 2.24) is 0 Å². The van der Waals surface area contributed by atoms with Crippen LogP contribution in [0.25, 0.3) is 0 Å². The minimum atomic E-state index is -0.127. The van der Waals surface area contributed by atoms with Gasteiger partial charge in [-0.15, -0.1) is 0 Å². The fourth-order valence-electron chi connectivity index (χ4n) is 1.73. The quantitative estimate of drug-likeness (QED) is 0.661. The standard InChI is InChI=1S/C14H10Cl3NO/c15-9-2-4-12(17)8(5-9)6-14(19)11-3-1-10(16)7-13(11)18/h1-5,7H,6,18H2. The van der Waals surface area contributed by atoms with Crippen molar-refractivity contribution in [3.8, 4) is 0 Å². The number of Topliss-reactive ketones (excluding diaryl/α,β-unsaturated/α-hetero) is 1. The van der Waals surface area contributed by atoms with E-state index >= 15 is 0 Å². The smallest absolute Gasteiger partial charge is 0.169 e. The number of nitrogens with two attached hydrogens (primary N) is 1. The molecule has 98 valence electrons. The van der Waals surface area contributed by atoms with E-state index in [-0.39, 0.29) is 12.2 Å². The highest BCUT2D eigenvalue weighted by Crippen LogP contribution is 2.24. The minimum Gasteiger partial charge on any atom is -0.398 e. The molecule has 2 N–H and O–H groups in total. The van der Waals surface area contributed by atoms with E-state index in [2.05, 4.69) is 0 Å². The molecule has 0 heterocycles. The SMILES string of the molecule is Nc1cc(Cl)ccc1C(=O)Cc1cc(Cl)ccc1Cl. The van der Waals surface area contributed by atoms with Crippen molar-refractivity contribution in [3.05, 3.63) is 62.6 Å². The lowest BCUT2D eigenvalue weighted by Gasteiger charge is -2.07. The second-order valence-corrected chi connectivity index (χ2v) is 5.35. The van der Waals surface area contributed by atoms with Crippen molar-refractivity contribution < 1.29 is 4.79 Å². The van der Waals surface area contributed by atoms with E-state index in [9.17, 15) is 4.79 Å². The van der Waals surface area contributed by atoms with Crippen molar-refractivity contribution >= 4 is 46.3 Å². The molecule has 0 aromatic heterocycles. The summed E-state index contributed by atoms with van der Waals surface area (Å²) in [4.78, 5) is 12.2. The van der Waals surface area contributed by atoms with Gasteiger partial charge in [-0.05, 0) is 42.0 Å². The summed E-state index contributed by atoms with van der Waals surface area (Å²) in [6.45, 7) is 0. The van der Waals surface area contributed by atoms with Crippen LogP contribution < -0.4 is 5.73 Å². The van der Waals surface area contributed by atoms with Crippen molar-refractivity contribution in [1.29, 1.82) is 0 Å². The molecule has 0 aliphatic rings. The van der Waals surface area contributed by atoms with Gasteiger partial charge in [-0.1, -0.05) is 34.8 Å². The second kappa shape index (κ2) is 5.83. The first-order chi connectivity index (χ1) is 8.97. The molecule has 2 rings (SSSR count). The molecule has 0 amide bonds. The third-order valence-corrected chi connectivity index (χ3v) is 3.51. The van der Waals surface area contributed by atoms with Crippen molar-refractivity contribution in [2.24, 2.45) is 0 Å². The average Bonchev–Trinajstić information content (AvgIpc) is 2.33. The second-order valence-electron chi connectivity index (χ2n) is 4.07. The first-order valence-electron chi connectivity index (χ1n) is 5.49. The van der Waals surface area contributed by atoms with Gasteiger partial charge in [0.25, 0.3) is 0 Å². The number of nitrogen functional groups attached to an aromatic ring is 1. The molecule has 0 bridgehead atoms. The topological polar surface area (TPSA) is 43.1 Å². The van der Waals surface area contributed by atoms with E-state index in [1.165, 1.54) is 0 Å². The third kappa shape index (κ3) is 3.41. The first kappa shape index (κ1) is 14.2. The van der Waals surface area contributed by atoms with Gasteiger partial charge in [-0.2, -0.15) is 0 Å². The lowest BCUT2D eigenvalue weighted by molar-refractivity contribution is 0.0994. The van der Waals surface area contributed by atoms with Crippen LogP contribution >= 0.6 is 34.8 Å². The lowest BCUT2D eigenvalue weighted by Crippen LogP contribution is -2.07. The first-order valence-corrected chi connectivity index (χ1v) is 6.63. The molecule has 0 aliphatic heterocycles. The molecule has 5 heteroatoms. The molecule has 0 saturated heterocycles. The van der Waals surface area contributed by atoms with Crippen LogP contribution in [-0.2, 0) is 6.42 Å². The summed E-state index contributed by atoms with van der Waals surface area (Å²) in [5, 5.41) is 1.54. The number of halogens is 3. The summed E-state index contributed by atoms with van der Waals surface area (Å²) >= 11 is 17.7. The van der Waals surface area contributed by atoms with E-state index < -0.39 is 0 Å². The number of benzene rings is 2. The van der Waals surface area contributed by atoms with E-state index in [1.54, 1.807) is 36.4 Å². The Labute approximate surface area is 126 Å². The maximum absolute atomic E-state index is 12.2. The summed E-state index contributed by atoms with van der Waals surface area (Å²) in [5.74, 6) is -0.127. The molecule has 19 heavy (non-hydrogen) atoms. The Bertz CT molecular complexity index is 641. The summed E-state index contributed by atoms with van der Waals surface area (Å²) in [7, 11) is 0. The van der Waals surface area contributed by atoms with Crippen molar-refractivity contribution in [3.63, 3.8) is 0 Å². The van der Waals surface area contributed by atoms with Gasteiger partial charge in [0.05, 0.1) is 0 Å². The molecule has 0 spiro atoms. The van der Waals surface area contributed by atoms with Crippen LogP contribution in [0.5, 0.6) is 0 Å². The summed E-state index contributed by atoms with van der Waals surface area (Å²) in [5.41, 5.74) is 7.24. The highest BCUT2D eigenvalue weighted by molar-refractivity contribution is 6.34. The molecule has 0 unspecified atom stereocenters. The zero-order valence-electron chi connectivity index (χ0n) is 9.79. The van der Waals surface area contributed by atoms with Gasteiger partial charge in [-0.3, -0.25) is 4.79 Å². The number of rotatable bonds is 3. The van der Waals surface area contributed by atoms with Gasteiger partial charge < -0.3 is 5.73 Å². The Kier molecular flexibility index (Phi) is 4.35. The number of ketones is 1. The minimum absolute atomic E-state index is 0.127. The van der Waals surface area contributed by atoms with Gasteiger partial charge in [0.2, 0.25) is 0 Å². The highest BCUT2D eigenvalue weighted by atomic mass is 35.5. The average molecular weight is 315 g/mol. The van der Waals surface area contributed by atoms with E-state index in [0.29, 0.717) is 31.9 Å². The Hall–Kier alpha value is -1.22. The van der Waals surface area contributed by atoms with Crippen LogP contribution in [0, 0.1) is 0 Å². The summed E-state index contributed by atoms with van der Waals surface area (Å²) in [6.07, 6.45) is 0.144. The van der Waals surface area contributed by atoms with Crippen LogP contribution in [0.3, 0.4) is 0 Å². The van der Waals surface area contributed by atoms with Gasteiger partial charge in [0, 0.05) is 32.7 Å². The fourth-order valence-corrected chi connectivity index (χ4v) is 2.29. The molecule has 0 saturated carbocycles. The Morgan fingerprint density at radius 2 is 1.63 bits per heavy atom. The van der Waals surface area contributed by atoms with Crippen LogP contribution in [0.2, 0.25) is 15.1 Å². The van der Waals surface area contributed by atoms with Crippen molar-refractivity contribution in [2.45, 2.75) is 6.42 Å². The molecule has 2 nitrogen and oxygen atoms in total. The maximum atomic E-state index is 12.2. The van der Waals surface area contributed by atoms with Crippen LogP contribution in [0.4, 0.5) is 5.69 Å². The number of anilines is 1. The Balaban J connectivity index is 2.28. The van der Waals surface area contributed by atoms with Crippen molar-refractivity contribution in [2.75, 3.05) is 5.73 Å². The van der Waals surface area contributed by atoms with E-state index in [0.717, 1.165) is 0 Å². The predicted octanol–water partition coefficient (Wildman–Crippen LogP) is 4.65. The molecular formula is C14H10Cl3NO. The third-order valence-electron chi connectivity index (χ3n) is 2.67. The normalized spacial score (nSPS) is 10.5. The summed E-state index contributed by atoms with van der Waals surface area (Å²) in [6, 6.07) is 9.80. The van der Waals surface area contributed by atoms with Crippen LogP contribution in [0.1, 0.15) is 15.9 Å². The zero-order chi connectivity index (χ0) is 14.0. The molecular weight excluding hydrogens is 305 g/mol. The molecule has 0 atom stereocenters. The summed E-state index contributed by atoms with van der Waals surface area (Å²) < 4.78 is 0. The van der Waals surface area contributed by atoms with Gasteiger partial charge in [0.15, 0.2) is 5.78 Å². The molecule has 2 aromatic rings. The zero-order valence-corrected chi connectivity index (χ0v) is 12.1. The number of hydrogen-bond acceptors (Lipinski definition) is 2. The van der Waals surface area contributed by atoms with Crippen LogP contribution in [0.15, 0.2) is 36.4 Å². The number of carbonyl (C=O) groups excluding carboxylic acids is 1. The number of carbonyl (C=O) groups is 1. The fraction of sp³-hybridized carbons (Fsp3) is 0.0714. The molecule has 0 fully saturated rings. The molecule has 2 aromatic carbocycles. The Morgan fingerprint density at radius 3 is 2.32 bits per heavy atom. The van der Waals surface area contributed by atoms with E-state index in [4.69, 9.17) is 40.5 Å². The van der Waals surface area contributed by atoms with Gasteiger partial charge in [0.1, 0.15) is 0 Å². The van der Waals surface area contributed by atoms with Crippen LogP contribution in [-0.4, -0.2) is 5.78 Å². The maximum Gasteiger partial charge on any atom is 0.169 e. The van der Waals surface area contributed by atoms with E-state index in [1.807, 2.05) is 0 Å². The van der Waals surface area contributed by atoms with Gasteiger partial charge >= 0.3 is 0 Å². The monoisotopic (exact) mass is 313 g/mol. The predicted molar refractivity (Wildman–Crippen MR) is 80.4 cm³/mol. The molecule has 0 radical (unpaired) electrons. The lowest BCUT2D eigenvalue weighted by atomic mass is 10.0. The highest BCUT2D eigenvalue weighted by Gasteiger charge is 2.13.